The van der Waals surface area contributed by atoms with Crippen molar-refractivity contribution in [1.29, 1.82) is 10.7 Å². The Morgan fingerprint density at radius 3 is 2.52 bits per heavy atom. The number of nitro benzene ring substituents is 1. The number of nitrogens with zero attached hydrogens (tertiary/aromatic N) is 3. The van der Waals surface area contributed by atoms with E-state index in [1.54, 1.807) is 30.9 Å². The van der Waals surface area contributed by atoms with Crippen molar-refractivity contribution < 1.29 is 14.4 Å². The van der Waals surface area contributed by atoms with Crippen molar-refractivity contribution in [1.82, 2.24) is 4.57 Å². The van der Waals surface area contributed by atoms with Gasteiger partial charge in [0.05, 0.1) is 29.3 Å². The van der Waals surface area contributed by atoms with E-state index in [4.69, 9.17) is 14.9 Å². The number of nitro groups is 1. The third kappa shape index (κ3) is 3.35. The molecule has 1 aliphatic heterocycles. The second-order valence-corrected chi connectivity index (χ2v) is 7.82. The SMILES string of the molecule is COc1cc2c(cc1OC)-c1cc(-c3ccc(Br)c([N+](=O)[O-])c3)c(C#N)c(=N)n1CC2. The number of aromatic nitrogens is 1. The lowest BCUT2D eigenvalue weighted by Crippen LogP contribution is -2.28. The molecule has 0 atom stereocenters. The smallest absolute Gasteiger partial charge is 0.284 e. The fourth-order valence-corrected chi connectivity index (χ4v) is 4.28. The van der Waals surface area contributed by atoms with E-state index in [0.29, 0.717) is 40.1 Å². The number of ether oxygens (including phenoxy) is 2. The number of halogens is 1. The Morgan fingerprint density at radius 2 is 1.87 bits per heavy atom. The van der Waals surface area contributed by atoms with Gasteiger partial charge in [-0.05, 0) is 57.7 Å². The minimum atomic E-state index is -0.485. The van der Waals surface area contributed by atoms with Crippen LogP contribution in [-0.2, 0) is 13.0 Å². The summed E-state index contributed by atoms with van der Waals surface area (Å²) in [4.78, 5) is 10.9. The van der Waals surface area contributed by atoms with Crippen molar-refractivity contribution in [2.45, 2.75) is 13.0 Å². The Balaban J connectivity index is 2.01. The molecule has 1 aliphatic rings. The number of aryl methyl sites for hydroxylation is 1. The molecule has 1 N–H and O–H groups in total. The van der Waals surface area contributed by atoms with Crippen LogP contribution in [0.4, 0.5) is 5.69 Å². The maximum atomic E-state index is 11.4. The Labute approximate surface area is 186 Å². The van der Waals surface area contributed by atoms with Gasteiger partial charge in [0.2, 0.25) is 0 Å². The summed E-state index contributed by atoms with van der Waals surface area (Å²) in [6.45, 7) is 0.534. The van der Waals surface area contributed by atoms with Crippen molar-refractivity contribution in [2.75, 3.05) is 14.2 Å². The first kappa shape index (κ1) is 20.6. The number of hydrogen-bond donors (Lipinski definition) is 1. The minimum Gasteiger partial charge on any atom is -0.493 e. The molecule has 0 spiro atoms. The molecule has 0 fully saturated rings. The lowest BCUT2D eigenvalue weighted by atomic mass is 9.92. The minimum absolute atomic E-state index is 0.0704. The van der Waals surface area contributed by atoms with Gasteiger partial charge in [-0.15, -0.1) is 0 Å². The number of benzene rings is 2. The van der Waals surface area contributed by atoms with Crippen LogP contribution in [-0.4, -0.2) is 23.7 Å². The molecular formula is C22H17BrN4O4. The number of nitriles is 1. The number of methoxy groups -OCH3 is 2. The first-order valence-corrected chi connectivity index (χ1v) is 10.1. The van der Waals surface area contributed by atoms with Crippen LogP contribution < -0.4 is 15.0 Å². The third-order valence-corrected chi connectivity index (χ3v) is 6.07. The summed E-state index contributed by atoms with van der Waals surface area (Å²) < 4.78 is 13.0. The van der Waals surface area contributed by atoms with E-state index in [9.17, 15) is 15.4 Å². The first-order valence-electron chi connectivity index (χ1n) is 9.31. The highest BCUT2D eigenvalue weighted by Crippen LogP contribution is 2.40. The van der Waals surface area contributed by atoms with Crippen LogP contribution in [0, 0.1) is 26.9 Å². The number of nitrogens with one attached hydrogen (secondary N) is 1. The van der Waals surface area contributed by atoms with Gasteiger partial charge in [-0.2, -0.15) is 5.26 Å². The van der Waals surface area contributed by atoms with Gasteiger partial charge in [-0.1, -0.05) is 6.07 Å². The second kappa shape index (κ2) is 7.89. The van der Waals surface area contributed by atoms with Gasteiger partial charge in [-0.3, -0.25) is 15.5 Å². The molecule has 9 heteroatoms. The van der Waals surface area contributed by atoms with Crippen LogP contribution in [0.1, 0.15) is 11.1 Å². The van der Waals surface area contributed by atoms with Gasteiger partial charge < -0.3 is 14.0 Å². The number of pyridine rings is 1. The zero-order valence-electron chi connectivity index (χ0n) is 16.7. The summed E-state index contributed by atoms with van der Waals surface area (Å²) in [5, 5.41) is 29.8. The van der Waals surface area contributed by atoms with E-state index in [0.717, 1.165) is 16.8 Å². The molecule has 1 aromatic heterocycles. The van der Waals surface area contributed by atoms with E-state index in [2.05, 4.69) is 22.0 Å². The molecule has 0 aliphatic carbocycles. The number of rotatable bonds is 4. The molecule has 0 saturated carbocycles. The fraction of sp³-hybridized carbons (Fsp3) is 0.182. The normalized spacial score (nSPS) is 11.8. The monoisotopic (exact) mass is 480 g/mol. The molecule has 31 heavy (non-hydrogen) atoms. The van der Waals surface area contributed by atoms with Crippen molar-refractivity contribution in [3.8, 4) is 40.0 Å². The molecule has 0 saturated heterocycles. The molecule has 0 unspecified atom stereocenters. The standard InChI is InChI=1S/C22H17BrN4O4/c1-30-20-8-13-5-6-26-18(15(13)10-21(20)31-2)9-14(16(11-24)22(26)25)12-3-4-17(23)19(7-12)27(28)29/h3-4,7-10,25H,5-6H2,1-2H3. The predicted octanol–water partition coefficient (Wildman–Crippen LogP) is 4.42. The molecule has 3 aromatic rings. The first-order chi connectivity index (χ1) is 14.9. The molecule has 2 aromatic carbocycles. The summed E-state index contributed by atoms with van der Waals surface area (Å²) in [7, 11) is 3.14. The molecule has 8 nitrogen and oxygen atoms in total. The molecule has 0 amide bonds. The van der Waals surface area contributed by atoms with Crippen molar-refractivity contribution >= 4 is 21.6 Å². The van der Waals surface area contributed by atoms with Crippen LogP contribution in [0.5, 0.6) is 11.5 Å². The second-order valence-electron chi connectivity index (χ2n) is 6.97. The highest BCUT2D eigenvalue weighted by atomic mass is 79.9. The Hall–Kier alpha value is -3.64. The highest BCUT2D eigenvalue weighted by molar-refractivity contribution is 9.10. The Morgan fingerprint density at radius 1 is 1.16 bits per heavy atom. The summed E-state index contributed by atoms with van der Waals surface area (Å²) in [5.41, 5.74) is 3.75. The van der Waals surface area contributed by atoms with E-state index in [1.807, 2.05) is 18.2 Å². The quantitative estimate of drug-likeness (QED) is 0.438. The van der Waals surface area contributed by atoms with Crippen molar-refractivity contribution in [3.63, 3.8) is 0 Å². The van der Waals surface area contributed by atoms with Gasteiger partial charge in [0.1, 0.15) is 17.1 Å². The zero-order chi connectivity index (χ0) is 22.3. The third-order valence-electron chi connectivity index (χ3n) is 5.40. The van der Waals surface area contributed by atoms with Crippen molar-refractivity contribution in [3.05, 3.63) is 67.6 Å². The van der Waals surface area contributed by atoms with Crippen LogP contribution in [0.3, 0.4) is 0 Å². The van der Waals surface area contributed by atoms with E-state index >= 15 is 0 Å². The molecule has 0 radical (unpaired) electrons. The zero-order valence-corrected chi connectivity index (χ0v) is 18.3. The largest absolute Gasteiger partial charge is 0.493 e. The molecule has 4 rings (SSSR count). The number of hydrogen-bond acceptors (Lipinski definition) is 6. The van der Waals surface area contributed by atoms with Gasteiger partial charge in [0.25, 0.3) is 5.69 Å². The van der Waals surface area contributed by atoms with Gasteiger partial charge in [-0.25, -0.2) is 0 Å². The lowest BCUT2D eigenvalue weighted by molar-refractivity contribution is -0.385. The average molecular weight is 481 g/mol. The summed E-state index contributed by atoms with van der Waals surface area (Å²) in [6.07, 6.45) is 0.674. The van der Waals surface area contributed by atoms with Crippen molar-refractivity contribution in [2.24, 2.45) is 0 Å². The van der Waals surface area contributed by atoms with Crippen LogP contribution >= 0.6 is 15.9 Å². The summed E-state index contributed by atoms with van der Waals surface area (Å²) in [5.74, 6) is 1.18. The fourth-order valence-electron chi connectivity index (χ4n) is 3.88. The molecular weight excluding hydrogens is 464 g/mol. The molecule has 2 heterocycles. The average Bonchev–Trinajstić information content (AvgIpc) is 2.77. The predicted molar refractivity (Wildman–Crippen MR) is 117 cm³/mol. The summed E-state index contributed by atoms with van der Waals surface area (Å²) in [6, 6.07) is 12.4. The van der Waals surface area contributed by atoms with E-state index < -0.39 is 4.92 Å². The van der Waals surface area contributed by atoms with Crippen LogP contribution in [0.25, 0.3) is 22.4 Å². The van der Waals surface area contributed by atoms with Gasteiger partial charge >= 0.3 is 0 Å². The van der Waals surface area contributed by atoms with Crippen LogP contribution in [0.15, 0.2) is 40.9 Å². The van der Waals surface area contributed by atoms with Gasteiger partial charge in [0, 0.05) is 23.7 Å². The molecule has 0 bridgehead atoms. The Kier molecular flexibility index (Phi) is 5.25. The summed E-state index contributed by atoms with van der Waals surface area (Å²) >= 11 is 3.19. The number of fused-ring (bicyclic) bond motifs is 3. The van der Waals surface area contributed by atoms with Gasteiger partial charge in [0.15, 0.2) is 11.5 Å². The maximum absolute atomic E-state index is 11.4. The maximum Gasteiger partial charge on any atom is 0.284 e. The van der Waals surface area contributed by atoms with E-state index in [-0.39, 0.29) is 16.7 Å². The van der Waals surface area contributed by atoms with E-state index in [1.165, 1.54) is 6.07 Å². The van der Waals surface area contributed by atoms with Crippen LogP contribution in [0.2, 0.25) is 0 Å². The lowest BCUT2D eigenvalue weighted by Gasteiger charge is -2.25. The Bertz CT molecular complexity index is 1340. The topological polar surface area (TPSA) is 114 Å². The molecule has 156 valence electrons. The highest BCUT2D eigenvalue weighted by Gasteiger charge is 2.24.